The van der Waals surface area contributed by atoms with Crippen LogP contribution in [0.1, 0.15) is 60.7 Å². The Morgan fingerprint density at radius 3 is 2.61 bits per heavy atom. The summed E-state index contributed by atoms with van der Waals surface area (Å²) in [6.07, 6.45) is 5.17. The first-order valence-electron chi connectivity index (χ1n) is 12.8. The molecule has 1 spiro atoms. The van der Waals surface area contributed by atoms with E-state index in [2.05, 4.69) is 82.5 Å². The zero-order chi connectivity index (χ0) is 24.7. The predicted octanol–water partition coefficient (Wildman–Crippen LogP) is 4.21. The molecule has 2 aliphatic carbocycles. The summed E-state index contributed by atoms with van der Waals surface area (Å²) in [5, 5.41) is 8.10. The van der Waals surface area contributed by atoms with E-state index >= 15 is 0 Å². The lowest BCUT2D eigenvalue weighted by atomic mass is 9.73. The molecule has 7 rings (SSSR count). The van der Waals surface area contributed by atoms with Crippen molar-refractivity contribution in [1.82, 2.24) is 20.2 Å². The molecule has 7 heteroatoms. The summed E-state index contributed by atoms with van der Waals surface area (Å²) >= 11 is 0. The summed E-state index contributed by atoms with van der Waals surface area (Å²) in [6.45, 7) is 5.99. The first-order chi connectivity index (χ1) is 17.4. The number of hydrogen-bond acceptors (Lipinski definition) is 5. The summed E-state index contributed by atoms with van der Waals surface area (Å²) in [4.78, 5) is 23.4. The molecule has 1 fully saturated rings. The largest absolute Gasteiger partial charge is 0.342 e. The molecule has 0 unspecified atom stereocenters. The molecule has 4 aromatic rings. The number of fused-ring (bicyclic) bond motifs is 3. The lowest BCUT2D eigenvalue weighted by Gasteiger charge is -2.42. The van der Waals surface area contributed by atoms with E-state index in [9.17, 15) is 4.79 Å². The standard InChI is InChI=1S/C29H30N6O/c1-28(2)16-20(19-9-5-6-10-21(19)28)23-22-25(34-33-23)31-27(32-26(22)36)35-13-11-29(12-14-35)15-17-7-3-4-8-18(17)24(29)30/h3-10,16,24H,11-15,30H2,1-2H3,(H2,31,32,33,34,36)/t24-/m1/s1. The zero-order valence-electron chi connectivity index (χ0n) is 20.6. The highest BCUT2D eigenvalue weighted by Crippen LogP contribution is 2.51. The first kappa shape index (κ1) is 21.6. The molecule has 0 saturated carbocycles. The molecule has 1 aliphatic heterocycles. The molecule has 0 amide bonds. The van der Waals surface area contributed by atoms with E-state index in [1.165, 1.54) is 16.7 Å². The fourth-order valence-electron chi connectivity index (χ4n) is 6.74. The Labute approximate surface area is 209 Å². The van der Waals surface area contributed by atoms with E-state index in [0.29, 0.717) is 17.0 Å². The Kier molecular flexibility index (Phi) is 4.43. The second-order valence-electron chi connectivity index (χ2n) is 11.2. The van der Waals surface area contributed by atoms with E-state index in [0.717, 1.165) is 49.2 Å². The predicted molar refractivity (Wildman–Crippen MR) is 142 cm³/mol. The number of nitrogens with zero attached hydrogens (tertiary/aromatic N) is 3. The van der Waals surface area contributed by atoms with E-state index in [1.54, 1.807) is 0 Å². The van der Waals surface area contributed by atoms with Gasteiger partial charge in [0.15, 0.2) is 5.65 Å². The van der Waals surface area contributed by atoms with Crippen LogP contribution in [-0.4, -0.2) is 33.3 Å². The van der Waals surface area contributed by atoms with E-state index in [4.69, 9.17) is 10.7 Å². The Hall–Kier alpha value is -3.71. The van der Waals surface area contributed by atoms with Crippen LogP contribution in [0.25, 0.3) is 16.6 Å². The van der Waals surface area contributed by atoms with Crippen LogP contribution in [0.5, 0.6) is 0 Å². The van der Waals surface area contributed by atoms with Gasteiger partial charge < -0.3 is 10.6 Å². The van der Waals surface area contributed by atoms with Crippen molar-refractivity contribution in [1.29, 1.82) is 0 Å². The van der Waals surface area contributed by atoms with Crippen LogP contribution in [0.4, 0.5) is 5.95 Å². The molecule has 1 saturated heterocycles. The SMILES string of the molecule is CC1(C)C=C(c2[nH]nc3nc(N4CCC5(CC4)Cc4ccccc4[C@H]5N)[nH]c(=O)c23)c2ccccc21. The topological polar surface area (TPSA) is 104 Å². The summed E-state index contributed by atoms with van der Waals surface area (Å²) < 4.78 is 0. The minimum Gasteiger partial charge on any atom is -0.342 e. The third kappa shape index (κ3) is 2.99. The normalized spacial score (nSPS) is 21.6. The molecular formula is C29H30N6O. The van der Waals surface area contributed by atoms with Crippen LogP contribution >= 0.6 is 0 Å². The third-order valence-electron chi connectivity index (χ3n) is 8.75. The van der Waals surface area contributed by atoms with Crippen molar-refractivity contribution in [2.24, 2.45) is 11.1 Å². The minimum atomic E-state index is -0.160. The molecule has 0 bridgehead atoms. The second-order valence-corrected chi connectivity index (χ2v) is 11.2. The number of aromatic nitrogens is 4. The van der Waals surface area contributed by atoms with Crippen molar-refractivity contribution in [2.75, 3.05) is 18.0 Å². The number of H-pyrrole nitrogens is 2. The van der Waals surface area contributed by atoms with Crippen LogP contribution in [0.3, 0.4) is 0 Å². The third-order valence-corrected chi connectivity index (χ3v) is 8.75. The molecule has 3 aliphatic rings. The van der Waals surface area contributed by atoms with E-state index in [-0.39, 0.29) is 22.4 Å². The number of piperidine rings is 1. The maximum absolute atomic E-state index is 13.4. The average Bonchev–Trinajstić information content (AvgIpc) is 3.51. The molecule has 3 heterocycles. The Morgan fingerprint density at radius 2 is 1.81 bits per heavy atom. The van der Waals surface area contributed by atoms with Gasteiger partial charge in [-0.3, -0.25) is 14.9 Å². The fourth-order valence-corrected chi connectivity index (χ4v) is 6.74. The second kappa shape index (κ2) is 7.40. The molecule has 182 valence electrons. The van der Waals surface area contributed by atoms with E-state index in [1.807, 2.05) is 6.07 Å². The van der Waals surface area contributed by atoms with Crippen molar-refractivity contribution in [3.05, 3.63) is 92.9 Å². The number of allylic oxidation sites excluding steroid dienone is 1. The molecule has 2 aromatic carbocycles. The highest BCUT2D eigenvalue weighted by atomic mass is 16.1. The number of aromatic amines is 2. The molecule has 1 atom stereocenters. The van der Waals surface area contributed by atoms with E-state index < -0.39 is 0 Å². The van der Waals surface area contributed by atoms with Gasteiger partial charge in [-0.25, -0.2) is 0 Å². The summed E-state index contributed by atoms with van der Waals surface area (Å²) in [5.41, 5.74) is 13.8. The van der Waals surface area contributed by atoms with Crippen LogP contribution in [0.15, 0.2) is 59.4 Å². The summed E-state index contributed by atoms with van der Waals surface area (Å²) in [5.74, 6) is 0.589. The Bertz CT molecular complexity index is 1600. The fraction of sp³-hybridized carbons (Fsp3) is 0.345. The summed E-state index contributed by atoms with van der Waals surface area (Å²) in [7, 11) is 0. The Morgan fingerprint density at radius 1 is 1.06 bits per heavy atom. The Balaban J connectivity index is 1.19. The van der Waals surface area contributed by atoms with Gasteiger partial charge in [0.1, 0.15) is 5.39 Å². The highest BCUT2D eigenvalue weighted by Gasteiger charge is 2.46. The van der Waals surface area contributed by atoms with Crippen LogP contribution in [0.2, 0.25) is 0 Å². The number of nitrogens with one attached hydrogen (secondary N) is 2. The van der Waals surface area contributed by atoms with Gasteiger partial charge in [0.05, 0.1) is 5.69 Å². The van der Waals surface area contributed by atoms with Gasteiger partial charge in [0, 0.05) is 30.1 Å². The monoisotopic (exact) mass is 478 g/mol. The van der Waals surface area contributed by atoms with Crippen molar-refractivity contribution in [2.45, 2.75) is 44.6 Å². The van der Waals surface area contributed by atoms with Crippen LogP contribution in [0, 0.1) is 5.41 Å². The van der Waals surface area contributed by atoms with Crippen molar-refractivity contribution >= 4 is 22.6 Å². The van der Waals surface area contributed by atoms with Crippen LogP contribution < -0.4 is 16.2 Å². The molecular weight excluding hydrogens is 448 g/mol. The van der Waals surface area contributed by atoms with Crippen molar-refractivity contribution < 1.29 is 0 Å². The number of anilines is 1. The number of rotatable bonds is 2. The highest BCUT2D eigenvalue weighted by molar-refractivity contribution is 5.96. The molecule has 0 radical (unpaired) electrons. The minimum absolute atomic E-state index is 0.0612. The maximum atomic E-state index is 13.4. The van der Waals surface area contributed by atoms with Crippen molar-refractivity contribution in [3.8, 4) is 0 Å². The lowest BCUT2D eigenvalue weighted by molar-refractivity contribution is 0.187. The van der Waals surface area contributed by atoms with Crippen LogP contribution in [-0.2, 0) is 11.8 Å². The van der Waals surface area contributed by atoms with Gasteiger partial charge in [-0.2, -0.15) is 10.1 Å². The lowest BCUT2D eigenvalue weighted by Crippen LogP contribution is -2.45. The first-order valence-corrected chi connectivity index (χ1v) is 12.8. The average molecular weight is 479 g/mol. The number of benzene rings is 2. The van der Waals surface area contributed by atoms with Gasteiger partial charge >= 0.3 is 0 Å². The maximum Gasteiger partial charge on any atom is 0.264 e. The van der Waals surface area contributed by atoms with Gasteiger partial charge in [-0.1, -0.05) is 68.5 Å². The molecule has 4 N–H and O–H groups in total. The quantitative estimate of drug-likeness (QED) is 0.400. The molecule has 36 heavy (non-hydrogen) atoms. The zero-order valence-corrected chi connectivity index (χ0v) is 20.6. The number of hydrogen-bond donors (Lipinski definition) is 3. The van der Waals surface area contributed by atoms with Gasteiger partial charge in [0.25, 0.3) is 5.56 Å². The summed E-state index contributed by atoms with van der Waals surface area (Å²) in [6, 6.07) is 17.0. The van der Waals surface area contributed by atoms with Crippen molar-refractivity contribution in [3.63, 3.8) is 0 Å². The van der Waals surface area contributed by atoms with Gasteiger partial charge in [-0.15, -0.1) is 0 Å². The van der Waals surface area contributed by atoms with Gasteiger partial charge in [0.2, 0.25) is 5.95 Å². The number of nitrogens with two attached hydrogens (primary N) is 1. The molecule has 2 aromatic heterocycles. The van der Waals surface area contributed by atoms with Gasteiger partial charge in [-0.05, 0) is 46.9 Å². The molecule has 7 nitrogen and oxygen atoms in total. The smallest absolute Gasteiger partial charge is 0.264 e.